The highest BCUT2D eigenvalue weighted by molar-refractivity contribution is 5.34. The topological polar surface area (TPSA) is 59.7 Å². The minimum Gasteiger partial charge on any atom is -0.492 e. The van der Waals surface area contributed by atoms with Crippen molar-refractivity contribution in [3.8, 4) is 11.8 Å². The summed E-state index contributed by atoms with van der Waals surface area (Å²) in [5.74, 6) is 1.55. The molecule has 1 heterocycles. The van der Waals surface area contributed by atoms with E-state index in [0.717, 1.165) is 44.4 Å². The minimum absolute atomic E-state index is 0.233. The molecule has 1 fully saturated rings. The number of aliphatic hydroxyl groups is 1. The van der Waals surface area contributed by atoms with Gasteiger partial charge in [0.05, 0.1) is 17.7 Å². The largest absolute Gasteiger partial charge is 0.492 e. The monoisotopic (exact) mass is 331 g/mol. The zero-order chi connectivity index (χ0) is 17.4. The number of nitriles is 1. The van der Waals surface area contributed by atoms with Crippen LogP contribution < -0.4 is 4.74 Å². The molecule has 24 heavy (non-hydrogen) atoms. The van der Waals surface area contributed by atoms with Crippen molar-refractivity contribution in [1.29, 1.82) is 5.26 Å². The lowest BCUT2D eigenvalue weighted by Gasteiger charge is -2.34. The first-order valence-electron chi connectivity index (χ1n) is 8.78. The molecule has 5 nitrogen and oxygen atoms in total. The second-order valence-corrected chi connectivity index (χ2v) is 6.84. The molecule has 0 radical (unpaired) electrons. The van der Waals surface area contributed by atoms with Gasteiger partial charge in [0.1, 0.15) is 12.4 Å². The van der Waals surface area contributed by atoms with Gasteiger partial charge in [-0.3, -0.25) is 0 Å². The van der Waals surface area contributed by atoms with Crippen molar-refractivity contribution in [2.75, 3.05) is 46.4 Å². The molecule has 2 rings (SSSR count). The van der Waals surface area contributed by atoms with Crippen molar-refractivity contribution < 1.29 is 9.84 Å². The summed E-state index contributed by atoms with van der Waals surface area (Å²) in [5, 5.41) is 18.2. The van der Waals surface area contributed by atoms with E-state index in [2.05, 4.69) is 22.9 Å². The van der Waals surface area contributed by atoms with Gasteiger partial charge in [-0.05, 0) is 70.1 Å². The van der Waals surface area contributed by atoms with Crippen LogP contribution in [0.2, 0.25) is 0 Å². The first-order valence-corrected chi connectivity index (χ1v) is 8.78. The molecule has 0 spiro atoms. The molecule has 0 unspecified atom stereocenters. The zero-order valence-electron chi connectivity index (χ0n) is 14.8. The number of aliphatic hydroxyl groups excluding tert-OH is 1. The number of piperidine rings is 1. The van der Waals surface area contributed by atoms with Crippen LogP contribution in [-0.4, -0.2) is 67.4 Å². The average Bonchev–Trinajstić information content (AvgIpc) is 2.57. The summed E-state index contributed by atoms with van der Waals surface area (Å²) in [6.45, 7) is 7.47. The van der Waals surface area contributed by atoms with Crippen LogP contribution in [0.1, 0.15) is 25.3 Å². The SMILES string of the molecule is C[C@@H](O)CN1CCC(CN(C)CCOc2ccc(C#N)cc2)CC1. The van der Waals surface area contributed by atoms with Crippen LogP contribution >= 0.6 is 0 Å². The third kappa shape index (κ3) is 6.48. The number of likely N-dealkylation sites (tertiary alicyclic amines) is 1. The molecule has 1 saturated heterocycles. The molecule has 1 aromatic rings. The van der Waals surface area contributed by atoms with Crippen LogP contribution in [-0.2, 0) is 0 Å². The van der Waals surface area contributed by atoms with E-state index in [9.17, 15) is 5.11 Å². The Labute approximate surface area is 145 Å². The van der Waals surface area contributed by atoms with Crippen molar-refractivity contribution >= 4 is 0 Å². The lowest BCUT2D eigenvalue weighted by Crippen LogP contribution is -2.41. The number of rotatable bonds is 8. The van der Waals surface area contributed by atoms with Crippen molar-refractivity contribution in [3.63, 3.8) is 0 Å². The summed E-state index contributed by atoms with van der Waals surface area (Å²) in [6.07, 6.45) is 2.17. The quantitative estimate of drug-likeness (QED) is 0.789. The van der Waals surface area contributed by atoms with Gasteiger partial charge < -0.3 is 19.6 Å². The number of hydrogen-bond acceptors (Lipinski definition) is 5. The highest BCUT2D eigenvalue weighted by Gasteiger charge is 2.20. The number of β-amino-alcohol motifs (C(OH)–C–C–N with tert-alkyl or cyclic N) is 1. The fourth-order valence-corrected chi connectivity index (χ4v) is 3.20. The first kappa shape index (κ1) is 18.7. The van der Waals surface area contributed by atoms with Crippen molar-refractivity contribution in [3.05, 3.63) is 29.8 Å². The van der Waals surface area contributed by atoms with Crippen LogP contribution in [0.15, 0.2) is 24.3 Å². The summed E-state index contributed by atoms with van der Waals surface area (Å²) in [5.41, 5.74) is 0.654. The first-order chi connectivity index (χ1) is 11.6. The summed E-state index contributed by atoms with van der Waals surface area (Å²) >= 11 is 0. The average molecular weight is 331 g/mol. The van der Waals surface area contributed by atoms with Gasteiger partial charge in [-0.1, -0.05) is 0 Å². The van der Waals surface area contributed by atoms with Gasteiger partial charge in [0.25, 0.3) is 0 Å². The molecule has 1 aromatic carbocycles. The number of ether oxygens (including phenoxy) is 1. The van der Waals surface area contributed by atoms with E-state index < -0.39 is 0 Å². The highest BCUT2D eigenvalue weighted by Crippen LogP contribution is 2.18. The van der Waals surface area contributed by atoms with Gasteiger partial charge in [-0.25, -0.2) is 0 Å². The molecule has 0 bridgehead atoms. The smallest absolute Gasteiger partial charge is 0.119 e. The van der Waals surface area contributed by atoms with Crippen LogP contribution in [0, 0.1) is 17.2 Å². The standard InChI is InChI=1S/C19H29N3O2/c1-16(23)14-22-9-7-18(8-10-22)15-21(2)11-12-24-19-5-3-17(13-20)4-6-19/h3-6,16,18,23H,7-12,14-15H2,1-2H3/t16-/m1/s1. The molecule has 0 aromatic heterocycles. The fourth-order valence-electron chi connectivity index (χ4n) is 3.20. The molecule has 0 saturated carbocycles. The number of hydrogen-bond donors (Lipinski definition) is 1. The molecule has 132 valence electrons. The predicted octanol–water partition coefficient (Wildman–Crippen LogP) is 1.96. The fraction of sp³-hybridized carbons (Fsp3) is 0.632. The maximum Gasteiger partial charge on any atom is 0.119 e. The lowest BCUT2D eigenvalue weighted by atomic mass is 9.96. The van der Waals surface area contributed by atoms with E-state index in [1.165, 1.54) is 12.8 Å². The summed E-state index contributed by atoms with van der Waals surface area (Å²) in [4.78, 5) is 4.69. The second kappa shape index (κ2) is 9.63. The van der Waals surface area contributed by atoms with Crippen molar-refractivity contribution in [2.45, 2.75) is 25.9 Å². The summed E-state index contributed by atoms with van der Waals surface area (Å²) in [6, 6.07) is 9.35. The molecule has 0 amide bonds. The van der Waals surface area contributed by atoms with Gasteiger partial charge in [-0.15, -0.1) is 0 Å². The van der Waals surface area contributed by atoms with Gasteiger partial charge in [0.2, 0.25) is 0 Å². The van der Waals surface area contributed by atoms with Crippen LogP contribution in [0.25, 0.3) is 0 Å². The molecular formula is C19H29N3O2. The van der Waals surface area contributed by atoms with Gasteiger partial charge in [-0.2, -0.15) is 5.26 Å². The maximum absolute atomic E-state index is 9.46. The molecule has 5 heteroatoms. The van der Waals surface area contributed by atoms with Crippen LogP contribution in [0.4, 0.5) is 0 Å². The highest BCUT2D eigenvalue weighted by atomic mass is 16.5. The number of likely N-dealkylation sites (N-methyl/N-ethyl adjacent to an activating group) is 1. The Bertz CT molecular complexity index is 516. The third-order valence-corrected chi connectivity index (χ3v) is 4.52. The summed E-state index contributed by atoms with van der Waals surface area (Å²) < 4.78 is 5.74. The Morgan fingerprint density at radius 1 is 1.33 bits per heavy atom. The Kier molecular flexibility index (Phi) is 7.51. The molecule has 0 aliphatic carbocycles. The Hall–Kier alpha value is -1.61. The normalized spacial score (nSPS) is 17.6. The molecule has 1 N–H and O–H groups in total. The second-order valence-electron chi connectivity index (χ2n) is 6.84. The van der Waals surface area contributed by atoms with E-state index in [-0.39, 0.29) is 6.10 Å². The van der Waals surface area contributed by atoms with E-state index in [1.54, 1.807) is 12.1 Å². The van der Waals surface area contributed by atoms with Crippen LogP contribution in [0.3, 0.4) is 0 Å². The van der Waals surface area contributed by atoms with E-state index in [1.807, 2.05) is 19.1 Å². The Morgan fingerprint density at radius 3 is 2.58 bits per heavy atom. The van der Waals surface area contributed by atoms with Crippen molar-refractivity contribution in [1.82, 2.24) is 9.80 Å². The van der Waals surface area contributed by atoms with Gasteiger partial charge in [0.15, 0.2) is 0 Å². The predicted molar refractivity (Wildman–Crippen MR) is 95.0 cm³/mol. The number of nitrogens with zero attached hydrogens (tertiary/aromatic N) is 3. The van der Waals surface area contributed by atoms with Crippen molar-refractivity contribution in [2.24, 2.45) is 5.92 Å². The molecule has 1 atom stereocenters. The zero-order valence-corrected chi connectivity index (χ0v) is 14.8. The maximum atomic E-state index is 9.46. The molecule has 1 aliphatic heterocycles. The van der Waals surface area contributed by atoms with E-state index >= 15 is 0 Å². The van der Waals surface area contributed by atoms with E-state index in [4.69, 9.17) is 10.00 Å². The minimum atomic E-state index is -0.233. The number of benzene rings is 1. The summed E-state index contributed by atoms with van der Waals surface area (Å²) in [7, 11) is 2.14. The van der Waals surface area contributed by atoms with E-state index in [0.29, 0.717) is 12.2 Å². The third-order valence-electron chi connectivity index (χ3n) is 4.52. The molecule has 1 aliphatic rings. The van der Waals surface area contributed by atoms with Gasteiger partial charge in [0, 0.05) is 19.6 Å². The molecular weight excluding hydrogens is 302 g/mol. The lowest BCUT2D eigenvalue weighted by molar-refractivity contribution is 0.0910. The Balaban J connectivity index is 1.61. The van der Waals surface area contributed by atoms with Crippen LogP contribution in [0.5, 0.6) is 5.75 Å². The Morgan fingerprint density at radius 2 is 2.00 bits per heavy atom. The van der Waals surface area contributed by atoms with Gasteiger partial charge >= 0.3 is 0 Å².